The zero-order valence-electron chi connectivity index (χ0n) is 14.9. The van der Waals surface area contributed by atoms with E-state index in [-0.39, 0.29) is 19.0 Å². The number of carbonyl (C=O) groups is 3. The number of rotatable bonds is 9. The normalized spacial score (nSPS) is 10.1. The Hall–Kier alpha value is -2.86. The van der Waals surface area contributed by atoms with E-state index in [1.807, 2.05) is 18.2 Å². The number of ether oxygens (including phenoxy) is 2. The van der Waals surface area contributed by atoms with Crippen molar-refractivity contribution in [3.63, 3.8) is 0 Å². The smallest absolute Gasteiger partial charge is 0.344 e. The van der Waals surface area contributed by atoms with Gasteiger partial charge in [-0.2, -0.15) is 0 Å². The Morgan fingerprint density at radius 2 is 1.81 bits per heavy atom. The monoisotopic (exact) mass is 389 g/mol. The van der Waals surface area contributed by atoms with E-state index in [0.29, 0.717) is 29.3 Å². The summed E-state index contributed by atoms with van der Waals surface area (Å²) in [7, 11) is 0. The molecule has 0 unspecified atom stereocenters. The maximum atomic E-state index is 11.7. The highest BCUT2D eigenvalue weighted by Gasteiger charge is 2.09. The van der Waals surface area contributed by atoms with Crippen LogP contribution in [-0.4, -0.2) is 37.4 Å². The summed E-state index contributed by atoms with van der Waals surface area (Å²) in [5.74, 6) is -0.791. The van der Waals surface area contributed by atoms with Crippen LogP contribution in [0.3, 0.4) is 0 Å². The Morgan fingerprint density at radius 3 is 2.56 bits per heavy atom. The average molecular weight is 390 g/mol. The van der Waals surface area contributed by atoms with Crippen LogP contribution in [0.25, 0.3) is 0 Å². The Kier molecular flexibility index (Phi) is 7.82. The van der Waals surface area contributed by atoms with E-state index < -0.39 is 11.9 Å². The molecular formula is C20H20ClNO5. The number of carbonyl (C=O) groups excluding carboxylic acids is 3. The minimum Gasteiger partial charge on any atom is -0.482 e. The third-order valence-corrected chi connectivity index (χ3v) is 3.82. The SMILES string of the molecule is CC(=O)c1cccc(OCC(=O)OCC(=O)NCCc2cccc(Cl)c2)c1. The summed E-state index contributed by atoms with van der Waals surface area (Å²) in [6.07, 6.45) is 0.621. The summed E-state index contributed by atoms with van der Waals surface area (Å²) < 4.78 is 10.1. The van der Waals surface area contributed by atoms with E-state index >= 15 is 0 Å². The molecule has 0 bridgehead atoms. The van der Waals surface area contributed by atoms with Gasteiger partial charge in [0.05, 0.1) is 0 Å². The molecule has 7 heteroatoms. The first-order valence-electron chi connectivity index (χ1n) is 8.34. The molecule has 0 saturated carbocycles. The first-order chi connectivity index (χ1) is 12.9. The Balaban J connectivity index is 1.65. The minimum atomic E-state index is -0.673. The zero-order valence-corrected chi connectivity index (χ0v) is 15.6. The second kappa shape index (κ2) is 10.3. The summed E-state index contributed by atoms with van der Waals surface area (Å²) in [4.78, 5) is 34.7. The molecule has 0 saturated heterocycles. The van der Waals surface area contributed by atoms with Gasteiger partial charge in [0.15, 0.2) is 19.0 Å². The standard InChI is InChI=1S/C20H20ClNO5/c1-14(23)16-5-3-7-18(11-16)26-13-20(25)27-12-19(24)22-9-8-15-4-2-6-17(21)10-15/h2-7,10-11H,8-9,12-13H2,1H3,(H,22,24). The zero-order chi connectivity index (χ0) is 19.6. The van der Waals surface area contributed by atoms with Crippen molar-refractivity contribution in [2.45, 2.75) is 13.3 Å². The van der Waals surface area contributed by atoms with Crippen LogP contribution in [0.2, 0.25) is 5.02 Å². The Labute approximate surface area is 162 Å². The third kappa shape index (κ3) is 7.50. The van der Waals surface area contributed by atoms with Gasteiger partial charge in [-0.1, -0.05) is 35.9 Å². The van der Waals surface area contributed by atoms with E-state index in [1.165, 1.54) is 13.0 Å². The highest BCUT2D eigenvalue weighted by Crippen LogP contribution is 2.13. The van der Waals surface area contributed by atoms with Crippen molar-refractivity contribution in [3.8, 4) is 5.75 Å². The average Bonchev–Trinajstić information content (AvgIpc) is 2.65. The number of hydrogen-bond donors (Lipinski definition) is 1. The van der Waals surface area contributed by atoms with Crippen LogP contribution in [0, 0.1) is 0 Å². The third-order valence-electron chi connectivity index (χ3n) is 3.59. The van der Waals surface area contributed by atoms with Crippen LogP contribution < -0.4 is 10.1 Å². The highest BCUT2D eigenvalue weighted by molar-refractivity contribution is 6.30. The molecule has 0 spiro atoms. The van der Waals surface area contributed by atoms with Crippen LogP contribution in [0.1, 0.15) is 22.8 Å². The molecular weight excluding hydrogens is 370 g/mol. The molecule has 2 rings (SSSR count). The van der Waals surface area contributed by atoms with Gasteiger partial charge in [0.1, 0.15) is 5.75 Å². The number of ketones is 1. The fraction of sp³-hybridized carbons (Fsp3) is 0.250. The maximum absolute atomic E-state index is 11.7. The summed E-state index contributed by atoms with van der Waals surface area (Å²) in [6.45, 7) is 1.12. The Bertz CT molecular complexity index is 822. The lowest BCUT2D eigenvalue weighted by Crippen LogP contribution is -2.31. The van der Waals surface area contributed by atoms with Gasteiger partial charge in [-0.25, -0.2) is 4.79 Å². The van der Waals surface area contributed by atoms with Crippen molar-refractivity contribution >= 4 is 29.3 Å². The highest BCUT2D eigenvalue weighted by atomic mass is 35.5. The van der Waals surface area contributed by atoms with Crippen LogP contribution >= 0.6 is 11.6 Å². The molecule has 0 aromatic heterocycles. The number of esters is 1. The van der Waals surface area contributed by atoms with E-state index in [0.717, 1.165) is 5.56 Å². The van der Waals surface area contributed by atoms with Crippen molar-refractivity contribution in [2.75, 3.05) is 19.8 Å². The van der Waals surface area contributed by atoms with E-state index in [9.17, 15) is 14.4 Å². The second-order valence-corrected chi connectivity index (χ2v) is 6.20. The molecule has 0 aliphatic heterocycles. The summed E-state index contributed by atoms with van der Waals surface area (Å²) in [5, 5.41) is 3.30. The van der Waals surface area contributed by atoms with Crippen LogP contribution in [0.5, 0.6) is 5.75 Å². The number of benzene rings is 2. The van der Waals surface area contributed by atoms with Crippen LogP contribution in [0.4, 0.5) is 0 Å². The van der Waals surface area contributed by atoms with Gasteiger partial charge < -0.3 is 14.8 Å². The number of nitrogens with one attached hydrogen (secondary N) is 1. The quantitative estimate of drug-likeness (QED) is 0.526. The molecule has 0 atom stereocenters. The van der Waals surface area contributed by atoms with Gasteiger partial charge in [0.25, 0.3) is 5.91 Å². The predicted molar refractivity (Wildman–Crippen MR) is 101 cm³/mol. The lowest BCUT2D eigenvalue weighted by Gasteiger charge is -2.08. The van der Waals surface area contributed by atoms with Crippen molar-refractivity contribution in [1.29, 1.82) is 0 Å². The van der Waals surface area contributed by atoms with Crippen LogP contribution in [0.15, 0.2) is 48.5 Å². The number of amides is 1. The molecule has 2 aromatic carbocycles. The van der Waals surface area contributed by atoms with Crippen molar-refractivity contribution in [2.24, 2.45) is 0 Å². The first kappa shape index (κ1) is 20.5. The molecule has 0 radical (unpaired) electrons. The molecule has 142 valence electrons. The van der Waals surface area contributed by atoms with Gasteiger partial charge in [-0.05, 0) is 43.2 Å². The fourth-order valence-corrected chi connectivity index (χ4v) is 2.44. The molecule has 27 heavy (non-hydrogen) atoms. The molecule has 0 aliphatic rings. The number of halogens is 1. The van der Waals surface area contributed by atoms with Gasteiger partial charge in [-0.3, -0.25) is 9.59 Å². The molecule has 0 fully saturated rings. The first-order valence-corrected chi connectivity index (χ1v) is 8.72. The molecule has 6 nitrogen and oxygen atoms in total. The fourth-order valence-electron chi connectivity index (χ4n) is 2.22. The van der Waals surface area contributed by atoms with Gasteiger partial charge in [0.2, 0.25) is 0 Å². The topological polar surface area (TPSA) is 81.7 Å². The van der Waals surface area contributed by atoms with Gasteiger partial charge >= 0.3 is 5.97 Å². The molecule has 0 aliphatic carbocycles. The Morgan fingerprint density at radius 1 is 1.04 bits per heavy atom. The summed E-state index contributed by atoms with van der Waals surface area (Å²) in [6, 6.07) is 13.8. The van der Waals surface area contributed by atoms with Crippen molar-refractivity contribution in [3.05, 3.63) is 64.7 Å². The van der Waals surface area contributed by atoms with Crippen molar-refractivity contribution in [1.82, 2.24) is 5.32 Å². The van der Waals surface area contributed by atoms with E-state index in [2.05, 4.69) is 5.32 Å². The lowest BCUT2D eigenvalue weighted by molar-refractivity contribution is -0.150. The van der Waals surface area contributed by atoms with Gasteiger partial charge in [0, 0.05) is 17.1 Å². The predicted octanol–water partition coefficient (Wildman–Crippen LogP) is 2.82. The molecule has 0 heterocycles. The van der Waals surface area contributed by atoms with E-state index in [4.69, 9.17) is 21.1 Å². The minimum absolute atomic E-state index is 0.0996. The largest absolute Gasteiger partial charge is 0.482 e. The lowest BCUT2D eigenvalue weighted by atomic mass is 10.1. The molecule has 2 aromatic rings. The number of hydrogen-bond acceptors (Lipinski definition) is 5. The molecule has 1 N–H and O–H groups in total. The summed E-state index contributed by atoms with van der Waals surface area (Å²) in [5.41, 5.74) is 1.49. The van der Waals surface area contributed by atoms with E-state index in [1.54, 1.807) is 24.3 Å². The van der Waals surface area contributed by atoms with Gasteiger partial charge in [-0.15, -0.1) is 0 Å². The summed E-state index contributed by atoms with van der Waals surface area (Å²) >= 11 is 5.90. The second-order valence-electron chi connectivity index (χ2n) is 5.76. The number of Topliss-reactive ketones (excluding diaryl/α,β-unsaturated/α-hetero) is 1. The van der Waals surface area contributed by atoms with Crippen LogP contribution in [-0.2, 0) is 20.7 Å². The molecule has 1 amide bonds. The maximum Gasteiger partial charge on any atom is 0.344 e. The van der Waals surface area contributed by atoms with Crippen molar-refractivity contribution < 1.29 is 23.9 Å².